The molecule has 0 aromatic carbocycles. The third-order valence-electron chi connectivity index (χ3n) is 11.9. The van der Waals surface area contributed by atoms with Gasteiger partial charge in [0, 0.05) is 0 Å². The zero-order chi connectivity index (χ0) is 28.9. The van der Waals surface area contributed by atoms with E-state index in [1.807, 2.05) is 0 Å². The minimum atomic E-state index is 0.885. The van der Waals surface area contributed by atoms with Crippen molar-refractivity contribution < 1.29 is 4.74 Å². The Balaban J connectivity index is 0.979. The lowest BCUT2D eigenvalue weighted by atomic mass is 9.75. The molecule has 0 aromatic heterocycles. The summed E-state index contributed by atoms with van der Waals surface area (Å²) in [6.07, 6.45) is 36.7. The van der Waals surface area contributed by atoms with Crippen LogP contribution in [0.2, 0.25) is 0 Å². The van der Waals surface area contributed by atoms with Crippen LogP contribution in [0.25, 0.3) is 0 Å². The van der Waals surface area contributed by atoms with Gasteiger partial charge in [-0.25, -0.2) is 0 Å². The van der Waals surface area contributed by atoms with E-state index < -0.39 is 0 Å². The second-order valence-corrected chi connectivity index (χ2v) is 16.3. The molecule has 4 aliphatic rings. The number of hydrogen-bond acceptors (Lipinski definition) is 1. The van der Waals surface area contributed by atoms with Gasteiger partial charge in [0.05, 0.1) is 13.2 Å². The maximum atomic E-state index is 6.13. The molecule has 41 heavy (non-hydrogen) atoms. The Labute approximate surface area is 257 Å². The Morgan fingerprint density at radius 1 is 0.512 bits per heavy atom. The van der Waals surface area contributed by atoms with Gasteiger partial charge in [0.1, 0.15) is 0 Å². The summed E-state index contributed by atoms with van der Waals surface area (Å²) in [5.41, 5.74) is 3.37. The molecule has 2 unspecified atom stereocenters. The molecule has 2 atom stereocenters. The van der Waals surface area contributed by atoms with Crippen molar-refractivity contribution in [2.45, 2.75) is 169 Å². The molecule has 0 radical (unpaired) electrons. The molecule has 0 aromatic rings. The van der Waals surface area contributed by atoms with Crippen LogP contribution >= 0.6 is 0 Å². The van der Waals surface area contributed by atoms with Crippen molar-refractivity contribution >= 4 is 0 Å². The summed E-state index contributed by atoms with van der Waals surface area (Å²) >= 11 is 0. The second-order valence-electron chi connectivity index (χ2n) is 16.3. The highest BCUT2D eigenvalue weighted by molar-refractivity contribution is 5.07. The first kappa shape index (κ1) is 33.3. The summed E-state index contributed by atoms with van der Waals surface area (Å²) in [4.78, 5) is 0. The first-order valence-electron chi connectivity index (χ1n) is 18.9. The molecule has 4 aliphatic carbocycles. The average molecular weight is 567 g/mol. The zero-order valence-corrected chi connectivity index (χ0v) is 28.2. The van der Waals surface area contributed by atoms with Crippen molar-refractivity contribution in [1.82, 2.24) is 0 Å². The monoisotopic (exact) mass is 567 g/mol. The summed E-state index contributed by atoms with van der Waals surface area (Å²) in [6.45, 7) is 11.5. The Bertz CT molecular complexity index is 694. The van der Waals surface area contributed by atoms with Crippen LogP contribution < -0.4 is 0 Å². The van der Waals surface area contributed by atoms with Crippen LogP contribution in [0.3, 0.4) is 0 Å². The number of rotatable bonds is 16. The number of allylic oxidation sites excluding steroid dienone is 2. The van der Waals surface area contributed by atoms with Gasteiger partial charge in [-0.1, -0.05) is 115 Å². The zero-order valence-electron chi connectivity index (χ0n) is 28.2. The predicted molar refractivity (Wildman–Crippen MR) is 179 cm³/mol. The molecule has 0 amide bonds. The van der Waals surface area contributed by atoms with Crippen molar-refractivity contribution in [3.63, 3.8) is 0 Å². The highest BCUT2D eigenvalue weighted by atomic mass is 16.5. The average Bonchev–Trinajstić information content (AvgIpc) is 2.97. The lowest BCUT2D eigenvalue weighted by Crippen LogP contribution is -2.17. The summed E-state index contributed by atoms with van der Waals surface area (Å²) in [5.74, 6) is 7.82. The van der Waals surface area contributed by atoms with E-state index >= 15 is 0 Å². The van der Waals surface area contributed by atoms with Crippen LogP contribution in [0.4, 0.5) is 0 Å². The maximum Gasteiger partial charge on any atom is 0.0503 e. The molecule has 0 bridgehead atoms. The quantitative estimate of drug-likeness (QED) is 0.133. The Morgan fingerprint density at radius 2 is 0.878 bits per heavy atom. The molecule has 1 nitrogen and oxygen atoms in total. The maximum absolute atomic E-state index is 6.13. The van der Waals surface area contributed by atoms with Gasteiger partial charge in [0.2, 0.25) is 0 Å². The molecule has 4 rings (SSSR count). The number of hydrogen-bond donors (Lipinski definition) is 0. The van der Waals surface area contributed by atoms with Crippen LogP contribution in [0.15, 0.2) is 23.3 Å². The van der Waals surface area contributed by atoms with Crippen molar-refractivity contribution in [2.24, 2.45) is 47.3 Å². The predicted octanol–water partition coefficient (Wildman–Crippen LogP) is 12.5. The molecule has 0 saturated heterocycles. The van der Waals surface area contributed by atoms with Crippen molar-refractivity contribution in [1.29, 1.82) is 0 Å². The first-order valence-corrected chi connectivity index (χ1v) is 18.9. The third-order valence-corrected chi connectivity index (χ3v) is 11.9. The minimum absolute atomic E-state index is 0.885. The Morgan fingerprint density at radius 3 is 1.22 bits per heavy atom. The summed E-state index contributed by atoms with van der Waals surface area (Å²) in [5, 5.41) is 0. The van der Waals surface area contributed by atoms with E-state index in [2.05, 4.69) is 39.8 Å². The van der Waals surface area contributed by atoms with Gasteiger partial charge in [-0.3, -0.25) is 0 Å². The lowest BCUT2D eigenvalue weighted by Gasteiger charge is -2.31. The highest BCUT2D eigenvalue weighted by Gasteiger charge is 2.25. The Kier molecular flexibility index (Phi) is 14.9. The van der Waals surface area contributed by atoms with E-state index in [4.69, 9.17) is 4.74 Å². The van der Waals surface area contributed by atoms with Gasteiger partial charge in [0.25, 0.3) is 0 Å². The molecule has 0 N–H and O–H groups in total. The van der Waals surface area contributed by atoms with Crippen LogP contribution in [0.5, 0.6) is 0 Å². The van der Waals surface area contributed by atoms with E-state index in [0.29, 0.717) is 0 Å². The van der Waals surface area contributed by atoms with Crippen molar-refractivity contribution in [3.8, 4) is 0 Å². The largest absolute Gasteiger partial charge is 0.381 e. The fourth-order valence-corrected chi connectivity index (χ4v) is 9.16. The van der Waals surface area contributed by atoms with Crippen LogP contribution in [-0.2, 0) is 4.74 Å². The van der Waals surface area contributed by atoms with Crippen molar-refractivity contribution in [2.75, 3.05) is 13.2 Å². The number of ether oxygens (including phenoxy) is 1. The van der Waals surface area contributed by atoms with E-state index in [1.54, 1.807) is 11.1 Å². The Hall–Kier alpha value is -0.560. The first-order chi connectivity index (χ1) is 19.9. The van der Waals surface area contributed by atoms with Crippen LogP contribution in [0.1, 0.15) is 169 Å². The summed E-state index contributed by atoms with van der Waals surface area (Å²) in [6, 6.07) is 0. The SMILES string of the molecule is CC(C)CC1CCC(CCC2CC=C(CCOCCC3=CCC(CCC4CCC(CC(C)C)CC4)CC3)CC2)CC1. The summed E-state index contributed by atoms with van der Waals surface area (Å²) < 4.78 is 6.13. The molecule has 0 spiro atoms. The highest BCUT2D eigenvalue weighted by Crippen LogP contribution is 2.39. The molecular formula is C40H70O. The van der Waals surface area contributed by atoms with Gasteiger partial charge >= 0.3 is 0 Å². The molecule has 0 aliphatic heterocycles. The normalized spacial score (nSPS) is 31.4. The molecule has 2 saturated carbocycles. The van der Waals surface area contributed by atoms with Crippen molar-refractivity contribution in [3.05, 3.63) is 23.3 Å². The lowest BCUT2D eigenvalue weighted by molar-refractivity contribution is 0.138. The third kappa shape index (κ3) is 12.9. The van der Waals surface area contributed by atoms with E-state index in [1.165, 1.54) is 141 Å². The van der Waals surface area contributed by atoms with E-state index in [9.17, 15) is 0 Å². The van der Waals surface area contributed by atoms with Gasteiger partial charge < -0.3 is 4.74 Å². The topological polar surface area (TPSA) is 9.23 Å². The molecular weight excluding hydrogens is 496 g/mol. The molecule has 0 heterocycles. The van der Waals surface area contributed by atoms with Gasteiger partial charge in [-0.05, 0) is 124 Å². The van der Waals surface area contributed by atoms with Gasteiger partial charge in [-0.2, -0.15) is 0 Å². The molecule has 236 valence electrons. The molecule has 1 heteroatoms. The van der Waals surface area contributed by atoms with E-state index in [-0.39, 0.29) is 0 Å². The van der Waals surface area contributed by atoms with Crippen LogP contribution in [-0.4, -0.2) is 13.2 Å². The van der Waals surface area contributed by atoms with Crippen LogP contribution in [0, 0.1) is 47.3 Å². The standard InChI is InChI=1S/C40H70O/c1-31(2)29-39-21-17-35(18-22-39)7-5-33-9-13-37(14-10-33)25-27-41-28-26-38-15-11-34(12-16-38)6-8-36-19-23-40(24-20-36)30-32(3)4/h13,15,31-36,39-40H,5-12,14,16-30H2,1-4H3. The summed E-state index contributed by atoms with van der Waals surface area (Å²) in [7, 11) is 0. The minimum Gasteiger partial charge on any atom is -0.381 e. The van der Waals surface area contributed by atoms with E-state index in [0.717, 1.165) is 60.6 Å². The van der Waals surface area contributed by atoms with Gasteiger partial charge in [0.15, 0.2) is 0 Å². The second kappa shape index (κ2) is 18.3. The fraction of sp³-hybridized carbons (Fsp3) is 0.900. The fourth-order valence-electron chi connectivity index (χ4n) is 9.16. The van der Waals surface area contributed by atoms with Gasteiger partial charge in [-0.15, -0.1) is 0 Å². The molecule has 2 fully saturated rings. The smallest absolute Gasteiger partial charge is 0.0503 e.